The maximum Gasteiger partial charge on any atom is 0.216 e. The first kappa shape index (κ1) is 17.6. The average Bonchev–Trinajstić information content (AvgIpc) is 3.01. The predicted molar refractivity (Wildman–Crippen MR) is 97.0 cm³/mol. The molecule has 3 rings (SSSR count). The van der Waals surface area contributed by atoms with Crippen LogP contribution in [0.3, 0.4) is 0 Å². The summed E-state index contributed by atoms with van der Waals surface area (Å²) in [5.41, 5.74) is 0.844. The maximum atomic E-state index is 14.1. The molecule has 3 aromatic rings. The zero-order valence-electron chi connectivity index (χ0n) is 13.9. The summed E-state index contributed by atoms with van der Waals surface area (Å²) in [6.45, 7) is 0. The number of halogens is 1. The molecule has 0 atom stereocenters. The van der Waals surface area contributed by atoms with Crippen molar-refractivity contribution in [2.24, 2.45) is 5.10 Å². The van der Waals surface area contributed by atoms with Crippen molar-refractivity contribution >= 4 is 18.4 Å². The molecule has 1 heterocycles. The molecule has 26 heavy (non-hydrogen) atoms. The van der Waals surface area contributed by atoms with Gasteiger partial charge in [0, 0.05) is 5.56 Å². The lowest BCUT2D eigenvalue weighted by molar-refractivity contribution is 0.340. The van der Waals surface area contributed by atoms with E-state index in [0.29, 0.717) is 5.56 Å². The van der Waals surface area contributed by atoms with E-state index in [0.717, 1.165) is 0 Å². The Morgan fingerprint density at radius 3 is 2.50 bits per heavy atom. The highest BCUT2D eigenvalue weighted by Gasteiger charge is 2.13. The fraction of sp³-hybridized carbons (Fsp3) is 0.118. The monoisotopic (exact) mass is 374 g/mol. The first-order chi connectivity index (χ1) is 12.5. The minimum atomic E-state index is -0.439. The number of aromatic amines is 1. The lowest BCUT2D eigenvalue weighted by Gasteiger charge is -2.09. The van der Waals surface area contributed by atoms with Gasteiger partial charge in [0.2, 0.25) is 10.5 Å². The molecule has 0 radical (unpaired) electrons. The van der Waals surface area contributed by atoms with Gasteiger partial charge in [-0.1, -0.05) is 12.1 Å². The average molecular weight is 374 g/mol. The van der Waals surface area contributed by atoms with Crippen LogP contribution in [-0.2, 0) is 0 Å². The van der Waals surface area contributed by atoms with Gasteiger partial charge in [0.15, 0.2) is 17.3 Å². The third kappa shape index (κ3) is 3.29. The van der Waals surface area contributed by atoms with Crippen LogP contribution in [0, 0.1) is 10.6 Å². The molecule has 0 saturated carbocycles. The SMILES string of the molecule is COc1cc(/C=N/n2c(-c3ccccc3F)n[nH]c2=S)cc(OC)c1O. The quantitative estimate of drug-likeness (QED) is 0.528. The minimum Gasteiger partial charge on any atom is -0.502 e. The number of ether oxygens (including phenoxy) is 2. The molecule has 0 aliphatic rings. The molecular weight excluding hydrogens is 359 g/mol. The summed E-state index contributed by atoms with van der Waals surface area (Å²) in [4.78, 5) is 0. The minimum absolute atomic E-state index is 0.112. The molecule has 0 bridgehead atoms. The van der Waals surface area contributed by atoms with Gasteiger partial charge in [-0.2, -0.15) is 14.9 Å². The Kier molecular flexibility index (Phi) is 4.99. The molecule has 0 spiro atoms. The number of hydrogen-bond donors (Lipinski definition) is 2. The first-order valence-electron chi connectivity index (χ1n) is 7.46. The second-order valence-electron chi connectivity index (χ2n) is 5.16. The largest absolute Gasteiger partial charge is 0.502 e. The van der Waals surface area contributed by atoms with Crippen LogP contribution in [0.2, 0.25) is 0 Å². The van der Waals surface area contributed by atoms with Crippen molar-refractivity contribution in [3.05, 3.63) is 52.5 Å². The Hall–Kier alpha value is -3.20. The third-order valence-corrected chi connectivity index (χ3v) is 3.85. The van der Waals surface area contributed by atoms with Gasteiger partial charge in [0.25, 0.3) is 0 Å². The topological polar surface area (TPSA) is 84.7 Å². The van der Waals surface area contributed by atoms with Crippen LogP contribution in [0.5, 0.6) is 17.2 Å². The van der Waals surface area contributed by atoms with Crippen molar-refractivity contribution in [1.29, 1.82) is 0 Å². The maximum absolute atomic E-state index is 14.1. The number of phenols is 1. The molecule has 0 aliphatic carbocycles. The lowest BCUT2D eigenvalue weighted by Crippen LogP contribution is -1.97. The van der Waals surface area contributed by atoms with E-state index in [-0.39, 0.29) is 33.4 Å². The van der Waals surface area contributed by atoms with E-state index in [1.807, 2.05) is 0 Å². The normalized spacial score (nSPS) is 11.0. The molecule has 0 aliphatic heterocycles. The molecule has 0 saturated heterocycles. The summed E-state index contributed by atoms with van der Waals surface area (Å²) in [5, 5.41) is 20.9. The van der Waals surface area contributed by atoms with Gasteiger partial charge in [-0.15, -0.1) is 0 Å². The van der Waals surface area contributed by atoms with E-state index in [4.69, 9.17) is 21.7 Å². The summed E-state index contributed by atoms with van der Waals surface area (Å²) in [6.07, 6.45) is 1.47. The molecule has 2 aromatic carbocycles. The molecule has 0 unspecified atom stereocenters. The Morgan fingerprint density at radius 2 is 1.88 bits per heavy atom. The van der Waals surface area contributed by atoms with Gasteiger partial charge in [0.05, 0.1) is 26.0 Å². The van der Waals surface area contributed by atoms with Crippen LogP contribution in [-0.4, -0.2) is 40.4 Å². The van der Waals surface area contributed by atoms with Gasteiger partial charge >= 0.3 is 0 Å². The van der Waals surface area contributed by atoms with Crippen molar-refractivity contribution in [3.8, 4) is 28.6 Å². The number of nitrogens with zero attached hydrogens (tertiary/aromatic N) is 3. The zero-order chi connectivity index (χ0) is 18.7. The van der Waals surface area contributed by atoms with E-state index in [2.05, 4.69) is 15.3 Å². The van der Waals surface area contributed by atoms with E-state index in [9.17, 15) is 9.50 Å². The smallest absolute Gasteiger partial charge is 0.216 e. The summed E-state index contributed by atoms with van der Waals surface area (Å²) in [5.74, 6) is 0.152. The first-order valence-corrected chi connectivity index (χ1v) is 7.87. The number of methoxy groups -OCH3 is 2. The standard InChI is InChI=1S/C17H15FN4O3S/c1-24-13-7-10(8-14(25-2)15(13)23)9-19-22-16(20-21-17(22)26)11-5-3-4-6-12(11)18/h3-9,23H,1-2H3,(H,21,26)/b19-9+. The zero-order valence-corrected chi connectivity index (χ0v) is 14.7. The molecule has 1 aromatic heterocycles. The highest BCUT2D eigenvalue weighted by molar-refractivity contribution is 7.71. The fourth-order valence-corrected chi connectivity index (χ4v) is 2.51. The molecular formula is C17H15FN4O3S. The summed E-state index contributed by atoms with van der Waals surface area (Å²) < 4.78 is 25.8. The highest BCUT2D eigenvalue weighted by Crippen LogP contribution is 2.36. The fourth-order valence-electron chi connectivity index (χ4n) is 2.33. The molecule has 2 N–H and O–H groups in total. The summed E-state index contributed by atoms with van der Waals surface area (Å²) >= 11 is 5.17. The lowest BCUT2D eigenvalue weighted by atomic mass is 10.2. The molecule has 7 nitrogen and oxygen atoms in total. The summed E-state index contributed by atoms with van der Waals surface area (Å²) in [7, 11) is 2.86. The van der Waals surface area contributed by atoms with Crippen molar-refractivity contribution < 1.29 is 19.0 Å². The number of aromatic nitrogens is 3. The summed E-state index contributed by atoms with van der Waals surface area (Å²) in [6, 6.07) is 9.35. The van der Waals surface area contributed by atoms with Crippen molar-refractivity contribution in [2.45, 2.75) is 0 Å². The van der Waals surface area contributed by atoms with Crippen LogP contribution in [0.15, 0.2) is 41.5 Å². The number of nitrogens with one attached hydrogen (secondary N) is 1. The Bertz CT molecular complexity index is 1000. The van der Waals surface area contributed by atoms with Gasteiger partial charge in [-0.05, 0) is 36.5 Å². The third-order valence-electron chi connectivity index (χ3n) is 3.59. The van der Waals surface area contributed by atoms with Crippen LogP contribution in [0.25, 0.3) is 11.4 Å². The molecule has 9 heteroatoms. The number of rotatable bonds is 5. The second kappa shape index (κ2) is 7.36. The van der Waals surface area contributed by atoms with Crippen LogP contribution in [0.4, 0.5) is 4.39 Å². The molecule has 0 amide bonds. The number of hydrogen-bond acceptors (Lipinski definition) is 6. The number of H-pyrrole nitrogens is 1. The van der Waals surface area contributed by atoms with Gasteiger partial charge in [-0.3, -0.25) is 0 Å². The van der Waals surface area contributed by atoms with Gasteiger partial charge in [0.1, 0.15) is 5.82 Å². The van der Waals surface area contributed by atoms with Gasteiger partial charge in [-0.25, -0.2) is 9.49 Å². The number of phenolic OH excluding ortho intramolecular Hbond substituents is 1. The Balaban J connectivity index is 2.04. The van der Waals surface area contributed by atoms with Crippen molar-refractivity contribution in [3.63, 3.8) is 0 Å². The van der Waals surface area contributed by atoms with E-state index >= 15 is 0 Å². The number of aromatic hydroxyl groups is 1. The van der Waals surface area contributed by atoms with Crippen LogP contribution >= 0.6 is 12.2 Å². The van der Waals surface area contributed by atoms with E-state index in [1.54, 1.807) is 30.3 Å². The van der Waals surface area contributed by atoms with E-state index < -0.39 is 5.82 Å². The van der Waals surface area contributed by atoms with Gasteiger partial charge < -0.3 is 14.6 Å². The predicted octanol–water partition coefficient (Wildman–Crippen LogP) is 3.35. The van der Waals surface area contributed by atoms with Crippen LogP contribution in [0.1, 0.15) is 5.56 Å². The Morgan fingerprint density at radius 1 is 1.23 bits per heavy atom. The highest BCUT2D eigenvalue weighted by atomic mass is 32.1. The van der Waals surface area contributed by atoms with E-state index in [1.165, 1.54) is 31.2 Å². The molecule has 134 valence electrons. The van der Waals surface area contributed by atoms with Crippen molar-refractivity contribution in [1.82, 2.24) is 14.9 Å². The number of benzene rings is 2. The van der Waals surface area contributed by atoms with Crippen LogP contribution < -0.4 is 9.47 Å². The Labute approximate surface area is 153 Å². The molecule has 0 fully saturated rings. The van der Waals surface area contributed by atoms with Crippen molar-refractivity contribution in [2.75, 3.05) is 14.2 Å². The second-order valence-corrected chi connectivity index (χ2v) is 5.55.